The molecule has 2 rings (SSSR count). The maximum atomic E-state index is 9.02. The molecule has 1 atom stereocenters. The molecule has 17 heavy (non-hydrogen) atoms. The molecule has 0 aliphatic heterocycles. The molecule has 0 bridgehead atoms. The van der Waals surface area contributed by atoms with E-state index in [1.807, 2.05) is 31.2 Å². The first-order valence-corrected chi connectivity index (χ1v) is 5.34. The summed E-state index contributed by atoms with van der Waals surface area (Å²) in [4.78, 5) is 12.7. The van der Waals surface area contributed by atoms with E-state index in [0.717, 1.165) is 17.1 Å². The maximum Gasteiger partial charge on any atom is 0.148 e. The summed E-state index contributed by atoms with van der Waals surface area (Å²) in [5, 5.41) is 9.02. The van der Waals surface area contributed by atoms with Crippen molar-refractivity contribution < 1.29 is 5.11 Å². The molecule has 0 aliphatic rings. The van der Waals surface area contributed by atoms with Gasteiger partial charge in [0, 0.05) is 11.9 Å². The van der Waals surface area contributed by atoms with Crippen LogP contribution in [0.15, 0.2) is 30.5 Å². The van der Waals surface area contributed by atoms with E-state index in [9.17, 15) is 0 Å². The molecule has 2 aromatic heterocycles. The molecule has 0 saturated heterocycles. The Hall–Kier alpha value is -1.85. The van der Waals surface area contributed by atoms with E-state index >= 15 is 0 Å². The molecule has 2 aromatic rings. The van der Waals surface area contributed by atoms with Crippen LogP contribution in [0.1, 0.15) is 17.6 Å². The second kappa shape index (κ2) is 4.99. The topological polar surface area (TPSA) is 84.9 Å². The Kier molecular flexibility index (Phi) is 3.41. The fourth-order valence-corrected chi connectivity index (χ4v) is 1.48. The lowest BCUT2D eigenvalue weighted by Gasteiger charge is -2.09. The van der Waals surface area contributed by atoms with Crippen LogP contribution in [-0.4, -0.2) is 26.7 Å². The van der Waals surface area contributed by atoms with Gasteiger partial charge >= 0.3 is 0 Å². The first-order valence-electron chi connectivity index (χ1n) is 5.34. The van der Waals surface area contributed by atoms with Gasteiger partial charge in [0.2, 0.25) is 0 Å². The zero-order valence-corrected chi connectivity index (χ0v) is 9.54. The van der Waals surface area contributed by atoms with Crippen molar-refractivity contribution in [3.8, 4) is 11.4 Å². The normalized spacial score (nSPS) is 12.4. The average molecular weight is 230 g/mol. The number of hydrogen-bond acceptors (Lipinski definition) is 5. The summed E-state index contributed by atoms with van der Waals surface area (Å²) < 4.78 is 0. The van der Waals surface area contributed by atoms with E-state index in [2.05, 4.69) is 15.0 Å². The number of rotatable bonds is 3. The van der Waals surface area contributed by atoms with Gasteiger partial charge in [-0.05, 0) is 25.1 Å². The molecule has 0 spiro atoms. The summed E-state index contributed by atoms with van der Waals surface area (Å²) in [6, 6.07) is 6.90. The summed E-state index contributed by atoms with van der Waals surface area (Å²) in [5.74, 6) is 0.438. The zero-order chi connectivity index (χ0) is 12.3. The number of aryl methyl sites for hydroxylation is 1. The number of aliphatic hydroxyl groups is 1. The lowest BCUT2D eigenvalue weighted by Crippen LogP contribution is -2.18. The van der Waals surface area contributed by atoms with Crippen LogP contribution in [0.5, 0.6) is 0 Å². The van der Waals surface area contributed by atoms with E-state index in [-0.39, 0.29) is 6.61 Å². The maximum absolute atomic E-state index is 9.02. The SMILES string of the molecule is Cc1cc(-c2ccccn2)nc(C(N)CO)n1. The lowest BCUT2D eigenvalue weighted by molar-refractivity contribution is 0.263. The van der Waals surface area contributed by atoms with Crippen LogP contribution in [0.25, 0.3) is 11.4 Å². The average Bonchev–Trinajstić information content (AvgIpc) is 2.38. The van der Waals surface area contributed by atoms with Crippen molar-refractivity contribution in [2.45, 2.75) is 13.0 Å². The Morgan fingerprint density at radius 3 is 2.76 bits per heavy atom. The third-order valence-corrected chi connectivity index (χ3v) is 2.33. The predicted molar refractivity (Wildman–Crippen MR) is 64.0 cm³/mol. The van der Waals surface area contributed by atoms with Gasteiger partial charge in [0.15, 0.2) is 0 Å². The summed E-state index contributed by atoms with van der Waals surface area (Å²) in [5.41, 5.74) is 8.01. The van der Waals surface area contributed by atoms with Crippen LogP contribution in [0, 0.1) is 6.92 Å². The van der Waals surface area contributed by atoms with E-state index in [1.165, 1.54) is 0 Å². The third kappa shape index (κ3) is 2.64. The monoisotopic (exact) mass is 230 g/mol. The molecule has 0 radical (unpaired) electrons. The van der Waals surface area contributed by atoms with Gasteiger partial charge in [-0.3, -0.25) is 4.98 Å². The molecule has 88 valence electrons. The Morgan fingerprint density at radius 1 is 1.29 bits per heavy atom. The lowest BCUT2D eigenvalue weighted by atomic mass is 10.2. The van der Waals surface area contributed by atoms with Gasteiger partial charge in [0.25, 0.3) is 0 Å². The molecule has 2 heterocycles. The number of aromatic nitrogens is 3. The second-order valence-corrected chi connectivity index (χ2v) is 3.76. The van der Waals surface area contributed by atoms with Crippen molar-refractivity contribution in [2.75, 3.05) is 6.61 Å². The van der Waals surface area contributed by atoms with Crippen LogP contribution in [-0.2, 0) is 0 Å². The highest BCUT2D eigenvalue weighted by molar-refractivity contribution is 5.53. The minimum absolute atomic E-state index is 0.175. The molecule has 1 unspecified atom stereocenters. The van der Waals surface area contributed by atoms with E-state index < -0.39 is 6.04 Å². The minimum Gasteiger partial charge on any atom is -0.394 e. The molecule has 0 amide bonds. The quantitative estimate of drug-likeness (QED) is 0.816. The zero-order valence-electron chi connectivity index (χ0n) is 9.54. The van der Waals surface area contributed by atoms with Crippen molar-refractivity contribution in [3.63, 3.8) is 0 Å². The van der Waals surface area contributed by atoms with Crippen LogP contribution in [0.4, 0.5) is 0 Å². The van der Waals surface area contributed by atoms with Crippen LogP contribution in [0.3, 0.4) is 0 Å². The van der Waals surface area contributed by atoms with Gasteiger partial charge in [0.05, 0.1) is 24.0 Å². The molecule has 0 saturated carbocycles. The van der Waals surface area contributed by atoms with Crippen molar-refractivity contribution >= 4 is 0 Å². The van der Waals surface area contributed by atoms with E-state index in [0.29, 0.717) is 5.82 Å². The van der Waals surface area contributed by atoms with E-state index in [1.54, 1.807) is 6.20 Å². The number of nitrogens with zero attached hydrogens (tertiary/aromatic N) is 3. The van der Waals surface area contributed by atoms with Gasteiger partial charge in [-0.15, -0.1) is 0 Å². The fourth-order valence-electron chi connectivity index (χ4n) is 1.48. The van der Waals surface area contributed by atoms with Crippen molar-refractivity contribution in [1.82, 2.24) is 15.0 Å². The summed E-state index contributed by atoms with van der Waals surface area (Å²) in [7, 11) is 0. The predicted octanol–water partition coefficient (Wildman–Crippen LogP) is 0.839. The van der Waals surface area contributed by atoms with Crippen molar-refractivity contribution in [2.24, 2.45) is 5.73 Å². The Bertz CT molecular complexity index is 501. The Balaban J connectivity index is 2.45. The summed E-state index contributed by atoms with van der Waals surface area (Å²) >= 11 is 0. The van der Waals surface area contributed by atoms with Crippen molar-refractivity contribution in [3.05, 3.63) is 42.0 Å². The first-order chi connectivity index (χ1) is 8.20. The second-order valence-electron chi connectivity index (χ2n) is 3.76. The smallest absolute Gasteiger partial charge is 0.148 e. The first kappa shape index (κ1) is 11.6. The molecular formula is C12H14N4O. The largest absolute Gasteiger partial charge is 0.394 e. The van der Waals surface area contributed by atoms with Gasteiger partial charge in [-0.25, -0.2) is 9.97 Å². The number of pyridine rings is 1. The highest BCUT2D eigenvalue weighted by Gasteiger charge is 2.11. The van der Waals surface area contributed by atoms with Crippen LogP contribution >= 0.6 is 0 Å². The minimum atomic E-state index is -0.558. The highest BCUT2D eigenvalue weighted by atomic mass is 16.3. The molecule has 3 N–H and O–H groups in total. The molecular weight excluding hydrogens is 216 g/mol. The molecule has 0 aromatic carbocycles. The van der Waals surface area contributed by atoms with Crippen LogP contribution < -0.4 is 5.73 Å². The van der Waals surface area contributed by atoms with Gasteiger partial charge in [-0.2, -0.15) is 0 Å². The summed E-state index contributed by atoms with van der Waals surface area (Å²) in [6.07, 6.45) is 1.71. The molecule has 5 heteroatoms. The van der Waals surface area contributed by atoms with Gasteiger partial charge < -0.3 is 10.8 Å². The Labute approximate surface area is 99.4 Å². The fraction of sp³-hybridized carbons (Fsp3) is 0.250. The van der Waals surface area contributed by atoms with Crippen molar-refractivity contribution in [1.29, 1.82) is 0 Å². The third-order valence-electron chi connectivity index (χ3n) is 2.33. The van der Waals surface area contributed by atoms with Crippen LogP contribution in [0.2, 0.25) is 0 Å². The number of nitrogens with two attached hydrogens (primary N) is 1. The molecule has 5 nitrogen and oxygen atoms in total. The molecule has 0 aliphatic carbocycles. The van der Waals surface area contributed by atoms with Gasteiger partial charge in [-0.1, -0.05) is 6.07 Å². The van der Waals surface area contributed by atoms with E-state index in [4.69, 9.17) is 10.8 Å². The van der Waals surface area contributed by atoms with Gasteiger partial charge in [0.1, 0.15) is 5.82 Å². The standard InChI is InChI=1S/C12H14N4O/c1-8-6-11(10-4-2-3-5-14-10)16-12(15-8)9(13)7-17/h2-6,9,17H,7,13H2,1H3. The summed E-state index contributed by atoms with van der Waals surface area (Å²) in [6.45, 7) is 1.69. The number of hydrogen-bond donors (Lipinski definition) is 2. The number of aliphatic hydroxyl groups excluding tert-OH is 1. The highest BCUT2D eigenvalue weighted by Crippen LogP contribution is 2.16. The Morgan fingerprint density at radius 2 is 2.12 bits per heavy atom. The molecule has 0 fully saturated rings.